The van der Waals surface area contributed by atoms with E-state index in [4.69, 9.17) is 11.6 Å². The van der Waals surface area contributed by atoms with Crippen LogP contribution in [0.2, 0.25) is 0 Å². The number of nitrogens with zero attached hydrogens (tertiary/aromatic N) is 1. The molecule has 1 saturated carbocycles. The van der Waals surface area contributed by atoms with E-state index in [9.17, 15) is 4.79 Å². The van der Waals surface area contributed by atoms with Gasteiger partial charge in [-0.25, -0.2) is 0 Å². The Hall–Kier alpha value is -0.240. The largest absolute Gasteiger partial charge is 0.342 e. The molecule has 0 N–H and O–H groups in total. The quantitative estimate of drug-likeness (QED) is 0.620. The van der Waals surface area contributed by atoms with Gasteiger partial charge in [-0.2, -0.15) is 0 Å². The molecule has 3 heteroatoms. The highest BCUT2D eigenvalue weighted by Crippen LogP contribution is 2.39. The highest BCUT2D eigenvalue weighted by atomic mass is 35.5. The van der Waals surface area contributed by atoms with Crippen molar-refractivity contribution in [3.8, 4) is 0 Å². The van der Waals surface area contributed by atoms with Crippen molar-refractivity contribution in [2.24, 2.45) is 11.8 Å². The third-order valence-corrected chi connectivity index (χ3v) is 3.11. The predicted molar refractivity (Wildman–Crippen MR) is 50.2 cm³/mol. The first-order valence-corrected chi connectivity index (χ1v) is 4.94. The number of hydrogen-bond acceptors (Lipinski definition) is 1. The molecule has 3 atom stereocenters. The molecule has 0 spiro atoms. The molecule has 0 aromatic carbocycles. The minimum Gasteiger partial charge on any atom is -0.342 e. The molecular formula is C9H16ClNO. The van der Waals surface area contributed by atoms with Crippen LogP contribution in [0.1, 0.15) is 20.3 Å². The summed E-state index contributed by atoms with van der Waals surface area (Å²) in [7, 11) is 1.83. The van der Waals surface area contributed by atoms with E-state index in [1.807, 2.05) is 14.0 Å². The first-order chi connectivity index (χ1) is 5.57. The second-order valence-electron chi connectivity index (χ2n) is 3.77. The minimum absolute atomic E-state index is 0.159. The van der Waals surface area contributed by atoms with E-state index < -0.39 is 0 Å². The zero-order valence-corrected chi connectivity index (χ0v) is 8.64. The maximum atomic E-state index is 11.6. The zero-order valence-electron chi connectivity index (χ0n) is 7.88. The summed E-state index contributed by atoms with van der Waals surface area (Å²) >= 11 is 5.66. The van der Waals surface area contributed by atoms with E-state index in [0.717, 1.165) is 6.42 Å². The normalized spacial score (nSPS) is 29.7. The van der Waals surface area contributed by atoms with E-state index in [1.165, 1.54) is 0 Å². The molecule has 1 aliphatic carbocycles. The molecule has 0 aromatic heterocycles. The summed E-state index contributed by atoms with van der Waals surface area (Å²) in [5.74, 6) is 1.64. The summed E-state index contributed by atoms with van der Waals surface area (Å²) in [6.07, 6.45) is 1.05. The smallest absolute Gasteiger partial charge is 0.225 e. The summed E-state index contributed by atoms with van der Waals surface area (Å²) in [5.41, 5.74) is 0. The maximum Gasteiger partial charge on any atom is 0.225 e. The van der Waals surface area contributed by atoms with Gasteiger partial charge in [0.1, 0.15) is 0 Å². The third-order valence-electron chi connectivity index (χ3n) is 2.66. The van der Waals surface area contributed by atoms with Crippen molar-refractivity contribution >= 4 is 17.5 Å². The predicted octanol–water partition coefficient (Wildman–Crippen LogP) is 1.73. The average molecular weight is 190 g/mol. The molecule has 12 heavy (non-hydrogen) atoms. The van der Waals surface area contributed by atoms with Crippen molar-refractivity contribution in [2.45, 2.75) is 26.3 Å². The molecule has 2 nitrogen and oxygen atoms in total. The van der Waals surface area contributed by atoms with Crippen LogP contribution in [0.5, 0.6) is 0 Å². The molecular weight excluding hydrogens is 174 g/mol. The number of carbonyl (C=O) groups excluding carboxylic acids is 1. The van der Waals surface area contributed by atoms with Crippen molar-refractivity contribution < 1.29 is 4.79 Å². The van der Waals surface area contributed by atoms with E-state index in [-0.39, 0.29) is 17.9 Å². The zero-order chi connectivity index (χ0) is 9.30. The Kier molecular flexibility index (Phi) is 2.99. The first kappa shape index (κ1) is 9.85. The molecule has 1 aliphatic rings. The van der Waals surface area contributed by atoms with Gasteiger partial charge in [0.05, 0.1) is 0 Å². The number of halogens is 1. The Bertz CT molecular complexity index is 183. The van der Waals surface area contributed by atoms with Gasteiger partial charge in [-0.3, -0.25) is 4.79 Å². The van der Waals surface area contributed by atoms with E-state index >= 15 is 0 Å². The molecule has 0 radical (unpaired) electrons. The van der Waals surface area contributed by atoms with Crippen molar-refractivity contribution in [2.75, 3.05) is 12.9 Å². The van der Waals surface area contributed by atoms with Gasteiger partial charge in [0.15, 0.2) is 0 Å². The lowest BCUT2D eigenvalue weighted by atomic mass is 10.2. The Morgan fingerprint density at radius 3 is 2.58 bits per heavy atom. The molecule has 1 amide bonds. The number of carbonyl (C=O) groups is 1. The lowest BCUT2D eigenvalue weighted by molar-refractivity contribution is -0.132. The van der Waals surface area contributed by atoms with Crippen molar-refractivity contribution in [3.63, 3.8) is 0 Å². The molecule has 3 unspecified atom stereocenters. The molecule has 0 saturated heterocycles. The molecule has 70 valence electrons. The second-order valence-corrected chi connectivity index (χ2v) is 4.08. The van der Waals surface area contributed by atoms with Gasteiger partial charge in [0.2, 0.25) is 5.91 Å². The average Bonchev–Trinajstić information content (AvgIpc) is 2.78. The Labute approximate surface area is 78.9 Å². The summed E-state index contributed by atoms with van der Waals surface area (Å²) < 4.78 is 0. The summed E-state index contributed by atoms with van der Waals surface area (Å²) in [6, 6.07) is 0.159. The Morgan fingerprint density at radius 2 is 2.25 bits per heavy atom. The second kappa shape index (κ2) is 3.65. The molecule has 0 bridgehead atoms. The van der Waals surface area contributed by atoms with Gasteiger partial charge in [0.25, 0.3) is 0 Å². The minimum atomic E-state index is 0.159. The van der Waals surface area contributed by atoms with Crippen LogP contribution in [0.25, 0.3) is 0 Å². The Morgan fingerprint density at radius 1 is 1.75 bits per heavy atom. The van der Waals surface area contributed by atoms with Gasteiger partial charge in [-0.05, 0) is 19.3 Å². The van der Waals surface area contributed by atoms with Crippen molar-refractivity contribution in [1.82, 2.24) is 4.90 Å². The number of amides is 1. The van der Waals surface area contributed by atoms with E-state index in [2.05, 4.69) is 6.92 Å². The van der Waals surface area contributed by atoms with Gasteiger partial charge in [-0.15, -0.1) is 11.6 Å². The van der Waals surface area contributed by atoms with Crippen LogP contribution >= 0.6 is 11.6 Å². The number of rotatable bonds is 3. The standard InChI is InChI=1S/C9H16ClNO/c1-6-4-8(6)9(12)11(3)7(2)5-10/h6-8H,4-5H2,1-3H3. The highest BCUT2D eigenvalue weighted by Gasteiger charge is 2.41. The first-order valence-electron chi connectivity index (χ1n) is 4.40. The third kappa shape index (κ3) is 1.92. The van der Waals surface area contributed by atoms with Gasteiger partial charge in [-0.1, -0.05) is 6.92 Å². The Balaban J connectivity index is 2.41. The van der Waals surface area contributed by atoms with Crippen LogP contribution in [0.3, 0.4) is 0 Å². The SMILES string of the molecule is CC1CC1C(=O)N(C)C(C)CCl. The van der Waals surface area contributed by atoms with Crippen molar-refractivity contribution in [1.29, 1.82) is 0 Å². The van der Waals surface area contributed by atoms with E-state index in [1.54, 1.807) is 4.90 Å². The van der Waals surface area contributed by atoms with Gasteiger partial charge >= 0.3 is 0 Å². The highest BCUT2D eigenvalue weighted by molar-refractivity contribution is 6.18. The number of alkyl halides is 1. The lowest BCUT2D eigenvalue weighted by Crippen LogP contribution is -2.37. The fraction of sp³-hybridized carbons (Fsp3) is 0.889. The molecule has 0 heterocycles. The van der Waals surface area contributed by atoms with Crippen molar-refractivity contribution in [3.05, 3.63) is 0 Å². The van der Waals surface area contributed by atoms with Crippen LogP contribution in [0.15, 0.2) is 0 Å². The van der Waals surface area contributed by atoms with Crippen LogP contribution < -0.4 is 0 Å². The number of hydrogen-bond donors (Lipinski definition) is 0. The van der Waals surface area contributed by atoms with Crippen LogP contribution in [0, 0.1) is 11.8 Å². The maximum absolute atomic E-state index is 11.6. The van der Waals surface area contributed by atoms with Gasteiger partial charge in [0, 0.05) is 24.9 Å². The molecule has 1 rings (SSSR count). The molecule has 1 fully saturated rings. The molecule has 0 aromatic rings. The monoisotopic (exact) mass is 189 g/mol. The summed E-state index contributed by atoms with van der Waals surface area (Å²) in [4.78, 5) is 13.3. The van der Waals surface area contributed by atoms with Crippen LogP contribution in [0.4, 0.5) is 0 Å². The molecule has 0 aliphatic heterocycles. The summed E-state index contributed by atoms with van der Waals surface area (Å²) in [6.45, 7) is 4.08. The van der Waals surface area contributed by atoms with Gasteiger partial charge < -0.3 is 4.90 Å². The van der Waals surface area contributed by atoms with E-state index in [0.29, 0.717) is 11.8 Å². The van der Waals surface area contributed by atoms with Crippen LogP contribution in [-0.2, 0) is 4.79 Å². The summed E-state index contributed by atoms with van der Waals surface area (Å²) in [5, 5.41) is 0. The topological polar surface area (TPSA) is 20.3 Å². The fourth-order valence-electron chi connectivity index (χ4n) is 1.25. The van der Waals surface area contributed by atoms with Crippen LogP contribution in [-0.4, -0.2) is 29.8 Å². The lowest BCUT2D eigenvalue weighted by Gasteiger charge is -2.23. The fourth-order valence-corrected chi connectivity index (χ4v) is 1.46.